The molecule has 0 spiro atoms. The lowest BCUT2D eigenvalue weighted by atomic mass is 10.2. The summed E-state index contributed by atoms with van der Waals surface area (Å²) in [5.74, 6) is 1.15. The van der Waals surface area contributed by atoms with Crippen molar-refractivity contribution in [1.29, 1.82) is 0 Å². The van der Waals surface area contributed by atoms with Gasteiger partial charge in [0, 0.05) is 23.3 Å². The summed E-state index contributed by atoms with van der Waals surface area (Å²) in [7, 11) is 0. The number of hydrogen-bond acceptors (Lipinski definition) is 5. The number of rotatable bonds is 6. The van der Waals surface area contributed by atoms with Crippen molar-refractivity contribution in [1.82, 2.24) is 34.6 Å². The number of carbonyl (C=O) groups is 1. The SMILES string of the molecule is O=C(Cn1c(-c2ccc(Cl)cc2)n[nH]c1=S)NCc1ccc(-n2cnc3ccccc32)nc1. The van der Waals surface area contributed by atoms with E-state index >= 15 is 0 Å². The maximum atomic E-state index is 12.6. The molecule has 2 N–H and O–H groups in total. The zero-order chi connectivity index (χ0) is 22.8. The highest BCUT2D eigenvalue weighted by Crippen LogP contribution is 2.20. The molecular weight excluding hydrogens is 458 g/mol. The lowest BCUT2D eigenvalue weighted by Gasteiger charge is -2.09. The van der Waals surface area contributed by atoms with Crippen molar-refractivity contribution < 1.29 is 4.79 Å². The van der Waals surface area contributed by atoms with Gasteiger partial charge in [0.15, 0.2) is 10.6 Å². The van der Waals surface area contributed by atoms with Gasteiger partial charge in [0.1, 0.15) is 18.7 Å². The zero-order valence-corrected chi connectivity index (χ0v) is 18.8. The van der Waals surface area contributed by atoms with Crippen molar-refractivity contribution in [2.24, 2.45) is 0 Å². The van der Waals surface area contributed by atoms with Gasteiger partial charge in [-0.1, -0.05) is 29.8 Å². The van der Waals surface area contributed by atoms with E-state index in [1.807, 2.05) is 53.1 Å². The number of aromatic nitrogens is 6. The summed E-state index contributed by atoms with van der Waals surface area (Å²) in [4.78, 5) is 21.5. The Bertz CT molecular complexity index is 1490. The minimum absolute atomic E-state index is 0.0415. The Morgan fingerprint density at radius 1 is 1.06 bits per heavy atom. The molecule has 0 radical (unpaired) electrons. The number of aromatic amines is 1. The predicted molar refractivity (Wildman–Crippen MR) is 129 cm³/mol. The van der Waals surface area contributed by atoms with E-state index in [0.29, 0.717) is 22.2 Å². The molecule has 0 fully saturated rings. The Kier molecular flexibility index (Phi) is 5.72. The normalized spacial score (nSPS) is 11.1. The Morgan fingerprint density at radius 3 is 2.67 bits per heavy atom. The quantitative estimate of drug-likeness (QED) is 0.357. The molecule has 2 aromatic carbocycles. The van der Waals surface area contributed by atoms with Crippen molar-refractivity contribution in [2.45, 2.75) is 13.1 Å². The Labute approximate surface area is 198 Å². The van der Waals surface area contributed by atoms with Crippen LogP contribution in [0.4, 0.5) is 0 Å². The lowest BCUT2D eigenvalue weighted by Crippen LogP contribution is -2.27. The number of nitrogens with one attached hydrogen (secondary N) is 2. The molecule has 0 saturated carbocycles. The highest BCUT2D eigenvalue weighted by molar-refractivity contribution is 7.71. The highest BCUT2D eigenvalue weighted by atomic mass is 35.5. The fourth-order valence-electron chi connectivity index (χ4n) is 3.49. The third-order valence-corrected chi connectivity index (χ3v) is 5.73. The minimum atomic E-state index is -0.188. The van der Waals surface area contributed by atoms with E-state index in [9.17, 15) is 4.79 Å². The molecule has 164 valence electrons. The average molecular weight is 476 g/mol. The average Bonchev–Trinajstić information content (AvgIpc) is 3.43. The third kappa shape index (κ3) is 4.41. The largest absolute Gasteiger partial charge is 0.350 e. The topological polar surface area (TPSA) is 93.4 Å². The van der Waals surface area contributed by atoms with Crippen LogP contribution in [0, 0.1) is 4.77 Å². The van der Waals surface area contributed by atoms with Crippen LogP contribution in [-0.4, -0.2) is 35.2 Å². The molecule has 0 saturated heterocycles. The molecule has 1 amide bonds. The summed E-state index contributed by atoms with van der Waals surface area (Å²) in [6.45, 7) is 0.387. The number of benzene rings is 2. The van der Waals surface area contributed by atoms with Crippen LogP contribution in [0.3, 0.4) is 0 Å². The fraction of sp³-hybridized carbons (Fsp3) is 0.0870. The molecule has 3 heterocycles. The van der Waals surface area contributed by atoms with Gasteiger partial charge in [0.05, 0.1) is 11.0 Å². The number of hydrogen-bond donors (Lipinski definition) is 2. The van der Waals surface area contributed by atoms with E-state index in [1.54, 1.807) is 29.2 Å². The second kappa shape index (κ2) is 8.97. The summed E-state index contributed by atoms with van der Waals surface area (Å²) in [6, 6.07) is 18.9. The van der Waals surface area contributed by atoms with Gasteiger partial charge in [0.25, 0.3) is 0 Å². The van der Waals surface area contributed by atoms with Gasteiger partial charge < -0.3 is 5.32 Å². The van der Waals surface area contributed by atoms with Crippen molar-refractivity contribution in [3.8, 4) is 17.2 Å². The van der Waals surface area contributed by atoms with Crippen LogP contribution in [0.5, 0.6) is 0 Å². The second-order valence-corrected chi connectivity index (χ2v) is 8.17. The third-order valence-electron chi connectivity index (χ3n) is 5.16. The van der Waals surface area contributed by atoms with Crippen LogP contribution < -0.4 is 5.32 Å². The maximum absolute atomic E-state index is 12.6. The molecule has 5 aromatic rings. The van der Waals surface area contributed by atoms with Crippen LogP contribution in [0.25, 0.3) is 28.2 Å². The van der Waals surface area contributed by atoms with Gasteiger partial charge in [-0.2, -0.15) is 5.10 Å². The number of nitrogens with zero attached hydrogens (tertiary/aromatic N) is 5. The van der Waals surface area contributed by atoms with Crippen molar-refractivity contribution in [3.63, 3.8) is 0 Å². The number of amides is 1. The van der Waals surface area contributed by atoms with Crippen LogP contribution in [-0.2, 0) is 17.9 Å². The van der Waals surface area contributed by atoms with E-state index in [0.717, 1.165) is 28.0 Å². The van der Waals surface area contributed by atoms with E-state index in [1.165, 1.54) is 0 Å². The number of fused-ring (bicyclic) bond motifs is 1. The molecule has 10 heteroatoms. The minimum Gasteiger partial charge on any atom is -0.350 e. The number of carbonyl (C=O) groups excluding carboxylic acids is 1. The van der Waals surface area contributed by atoms with Crippen LogP contribution in [0.15, 0.2) is 73.2 Å². The van der Waals surface area contributed by atoms with Crippen molar-refractivity contribution in [3.05, 3.63) is 88.5 Å². The van der Waals surface area contributed by atoms with Gasteiger partial charge in [-0.05, 0) is 60.2 Å². The number of halogens is 1. The number of para-hydroxylation sites is 2. The first-order valence-corrected chi connectivity index (χ1v) is 10.9. The molecule has 0 atom stereocenters. The van der Waals surface area contributed by atoms with Gasteiger partial charge in [0.2, 0.25) is 5.91 Å². The number of H-pyrrole nitrogens is 1. The first-order chi connectivity index (χ1) is 16.1. The van der Waals surface area contributed by atoms with E-state index in [4.69, 9.17) is 23.8 Å². The summed E-state index contributed by atoms with van der Waals surface area (Å²) in [5.41, 5.74) is 3.59. The molecule has 0 aliphatic rings. The highest BCUT2D eigenvalue weighted by Gasteiger charge is 2.13. The fourth-order valence-corrected chi connectivity index (χ4v) is 3.81. The van der Waals surface area contributed by atoms with Gasteiger partial charge in [-0.15, -0.1) is 0 Å². The Hall–Kier alpha value is -3.82. The smallest absolute Gasteiger partial charge is 0.240 e. The van der Waals surface area contributed by atoms with Gasteiger partial charge in [-0.3, -0.25) is 19.0 Å². The summed E-state index contributed by atoms with van der Waals surface area (Å²) in [5, 5.41) is 10.5. The van der Waals surface area contributed by atoms with Crippen LogP contribution in [0.1, 0.15) is 5.56 Å². The first kappa shape index (κ1) is 21.0. The van der Waals surface area contributed by atoms with Crippen LogP contribution in [0.2, 0.25) is 5.02 Å². The molecule has 0 aliphatic heterocycles. The maximum Gasteiger partial charge on any atom is 0.240 e. The number of pyridine rings is 1. The molecular formula is C23H18ClN7OS. The Morgan fingerprint density at radius 2 is 1.88 bits per heavy atom. The second-order valence-electron chi connectivity index (χ2n) is 7.35. The van der Waals surface area contributed by atoms with E-state index in [-0.39, 0.29) is 12.5 Å². The van der Waals surface area contributed by atoms with Crippen LogP contribution >= 0.6 is 23.8 Å². The monoisotopic (exact) mass is 475 g/mol. The molecule has 0 unspecified atom stereocenters. The Balaban J connectivity index is 1.25. The summed E-state index contributed by atoms with van der Waals surface area (Å²) >= 11 is 11.3. The molecule has 33 heavy (non-hydrogen) atoms. The predicted octanol–water partition coefficient (Wildman–Crippen LogP) is 4.31. The first-order valence-electron chi connectivity index (χ1n) is 10.1. The molecule has 5 rings (SSSR count). The molecule has 3 aromatic heterocycles. The molecule has 8 nitrogen and oxygen atoms in total. The summed E-state index contributed by atoms with van der Waals surface area (Å²) in [6.07, 6.45) is 3.49. The van der Waals surface area contributed by atoms with Gasteiger partial charge >= 0.3 is 0 Å². The van der Waals surface area contributed by atoms with Gasteiger partial charge in [-0.25, -0.2) is 9.97 Å². The standard InChI is InChI=1S/C23H18ClN7OS/c24-17-8-6-16(7-9-17)22-28-29-23(33)30(22)13-21(32)26-12-15-5-10-20(25-11-15)31-14-27-18-3-1-2-4-19(18)31/h1-11,14H,12-13H2,(H,26,32)(H,29,33). The van der Waals surface area contributed by atoms with Crippen molar-refractivity contribution >= 4 is 40.8 Å². The molecule has 0 aliphatic carbocycles. The van der Waals surface area contributed by atoms with E-state index < -0.39 is 0 Å². The number of imidazole rings is 1. The zero-order valence-electron chi connectivity index (χ0n) is 17.3. The molecule has 0 bridgehead atoms. The van der Waals surface area contributed by atoms with Crippen molar-refractivity contribution in [2.75, 3.05) is 0 Å². The lowest BCUT2D eigenvalue weighted by molar-refractivity contribution is -0.121. The summed E-state index contributed by atoms with van der Waals surface area (Å²) < 4.78 is 3.95. The van der Waals surface area contributed by atoms with E-state index in [2.05, 4.69) is 25.5 Å².